The van der Waals surface area contributed by atoms with Gasteiger partial charge in [-0.25, -0.2) is 9.37 Å². The third kappa shape index (κ3) is 5.46. The molecule has 0 saturated carbocycles. The summed E-state index contributed by atoms with van der Waals surface area (Å²) in [5.41, 5.74) is 2.70. The van der Waals surface area contributed by atoms with Gasteiger partial charge < -0.3 is 30.7 Å². The number of hydrogen-bond acceptors (Lipinski definition) is 7. The van der Waals surface area contributed by atoms with Crippen molar-refractivity contribution in [2.24, 2.45) is 5.73 Å². The molecule has 0 aliphatic carbocycles. The first-order chi connectivity index (χ1) is 18.0. The van der Waals surface area contributed by atoms with Crippen molar-refractivity contribution in [2.45, 2.75) is 37.2 Å². The second-order valence-corrected chi connectivity index (χ2v) is 9.22. The fraction of sp³-hybridized carbons (Fsp3) is 0.370. The maximum Gasteiger partial charge on any atom is 0.424 e. The lowest BCUT2D eigenvalue weighted by Crippen LogP contribution is -2.50. The number of fused-ring (bicyclic) bond motifs is 1. The number of rotatable bonds is 10. The fourth-order valence-electron chi connectivity index (χ4n) is 4.23. The number of aliphatic hydroxyl groups excluding tert-OH is 1. The van der Waals surface area contributed by atoms with Crippen LogP contribution in [-0.2, 0) is 17.7 Å². The zero-order valence-electron chi connectivity index (χ0n) is 20.7. The summed E-state index contributed by atoms with van der Waals surface area (Å²) >= 11 is 0. The van der Waals surface area contributed by atoms with Crippen LogP contribution in [0.15, 0.2) is 54.6 Å². The van der Waals surface area contributed by atoms with Crippen molar-refractivity contribution in [1.29, 1.82) is 0 Å². The van der Waals surface area contributed by atoms with Gasteiger partial charge in [-0.2, -0.15) is 13.2 Å². The van der Waals surface area contributed by atoms with Crippen molar-refractivity contribution in [2.75, 3.05) is 26.4 Å². The van der Waals surface area contributed by atoms with Crippen LogP contribution in [-0.4, -0.2) is 47.7 Å². The first-order valence-corrected chi connectivity index (χ1v) is 12.1. The molecule has 0 spiro atoms. The van der Waals surface area contributed by atoms with Crippen LogP contribution >= 0.6 is 0 Å². The van der Waals surface area contributed by atoms with Crippen molar-refractivity contribution in [1.82, 2.24) is 10.3 Å². The van der Waals surface area contributed by atoms with Gasteiger partial charge >= 0.3 is 6.18 Å². The minimum Gasteiger partial charge on any atom is -0.491 e. The lowest BCUT2D eigenvalue weighted by molar-refractivity contribution is -0.266. The number of hydrogen-bond donors (Lipinski definition) is 4. The van der Waals surface area contributed by atoms with E-state index in [9.17, 15) is 22.7 Å². The molecule has 0 bridgehead atoms. The van der Waals surface area contributed by atoms with Crippen molar-refractivity contribution in [3.8, 4) is 22.8 Å². The smallest absolute Gasteiger partial charge is 0.424 e. The minimum absolute atomic E-state index is 0.0212. The quantitative estimate of drug-likeness (QED) is 0.293. The number of aromatic nitrogens is 1. The Morgan fingerprint density at radius 3 is 2.42 bits per heavy atom. The molecule has 38 heavy (non-hydrogen) atoms. The average Bonchev–Trinajstić information content (AvgIpc) is 3.24. The lowest BCUT2D eigenvalue weighted by atomic mass is 9.86. The van der Waals surface area contributed by atoms with Gasteiger partial charge in [0.15, 0.2) is 5.75 Å². The summed E-state index contributed by atoms with van der Waals surface area (Å²) in [5, 5.41) is 22.6. The third-order valence-corrected chi connectivity index (χ3v) is 6.62. The highest BCUT2D eigenvalue weighted by Gasteiger charge is 2.57. The zero-order valence-corrected chi connectivity index (χ0v) is 20.7. The van der Waals surface area contributed by atoms with Crippen LogP contribution in [0.4, 0.5) is 17.6 Å². The number of nitrogens with one attached hydrogen (secondary N) is 1. The highest BCUT2D eigenvalue weighted by molar-refractivity contribution is 5.70. The van der Waals surface area contributed by atoms with Crippen molar-refractivity contribution >= 4 is 0 Å². The van der Waals surface area contributed by atoms with Gasteiger partial charge in [-0.05, 0) is 54.4 Å². The molecule has 1 aliphatic rings. The van der Waals surface area contributed by atoms with E-state index in [1.807, 2.05) is 0 Å². The second kappa shape index (κ2) is 10.9. The molecule has 7 nitrogen and oxygen atoms in total. The van der Waals surface area contributed by atoms with Gasteiger partial charge in [0, 0.05) is 24.2 Å². The van der Waals surface area contributed by atoms with E-state index >= 15 is 0 Å². The number of pyridine rings is 1. The topological polar surface area (TPSA) is 110 Å². The summed E-state index contributed by atoms with van der Waals surface area (Å²) in [5.74, 6) is 0.201. The molecule has 11 heteroatoms. The van der Waals surface area contributed by atoms with E-state index in [-0.39, 0.29) is 37.8 Å². The van der Waals surface area contributed by atoms with Gasteiger partial charge in [0.2, 0.25) is 5.60 Å². The Morgan fingerprint density at radius 1 is 1.13 bits per heavy atom. The first kappa shape index (κ1) is 27.8. The maximum absolute atomic E-state index is 14.4. The number of nitrogens with zero attached hydrogens (tertiary/aromatic N) is 1. The standard InChI is InChI=1S/C27H29F4N3O4/c1-2-25(32)16-38-24-21(25)13-22(34-23(24)18-5-7-19(28)8-6-18)26(36,27(29,30)31)15-33-14-17-3-9-20(10-4-17)37-12-11-35/h3-10,13,33,35-36H,2,11-12,14-16,32H2,1H3. The second-order valence-electron chi connectivity index (χ2n) is 9.22. The molecule has 4 rings (SSSR count). The number of aliphatic hydroxyl groups is 2. The summed E-state index contributed by atoms with van der Waals surface area (Å²) in [7, 11) is 0. The predicted octanol–water partition coefficient (Wildman–Crippen LogP) is 3.75. The van der Waals surface area contributed by atoms with Gasteiger partial charge in [-0.15, -0.1) is 0 Å². The van der Waals surface area contributed by atoms with E-state index in [2.05, 4.69) is 10.3 Å². The van der Waals surface area contributed by atoms with Crippen LogP contribution in [0.25, 0.3) is 11.3 Å². The molecule has 2 heterocycles. The van der Waals surface area contributed by atoms with Crippen molar-refractivity contribution < 1.29 is 37.2 Å². The monoisotopic (exact) mass is 535 g/mol. The maximum atomic E-state index is 14.4. The molecule has 0 radical (unpaired) electrons. The van der Waals surface area contributed by atoms with E-state index < -0.39 is 35.4 Å². The summed E-state index contributed by atoms with van der Waals surface area (Å²) in [4.78, 5) is 4.20. The van der Waals surface area contributed by atoms with Crippen molar-refractivity contribution in [3.63, 3.8) is 0 Å². The van der Waals surface area contributed by atoms with Gasteiger partial charge in [0.1, 0.15) is 30.5 Å². The molecule has 5 N–H and O–H groups in total. The molecule has 3 aromatic rings. The minimum atomic E-state index is -5.09. The average molecular weight is 536 g/mol. The van der Waals surface area contributed by atoms with Crippen LogP contribution in [0.2, 0.25) is 0 Å². The van der Waals surface area contributed by atoms with E-state index in [1.54, 1.807) is 31.2 Å². The Kier molecular flexibility index (Phi) is 7.93. The number of nitrogens with two attached hydrogens (primary N) is 1. The van der Waals surface area contributed by atoms with Crippen LogP contribution < -0.4 is 20.5 Å². The molecule has 204 valence electrons. The molecule has 0 fully saturated rings. The molecule has 1 aliphatic heterocycles. The third-order valence-electron chi connectivity index (χ3n) is 6.62. The molecule has 2 aromatic carbocycles. The molecule has 2 unspecified atom stereocenters. The number of ether oxygens (including phenoxy) is 2. The highest BCUT2D eigenvalue weighted by Crippen LogP contribution is 2.47. The largest absolute Gasteiger partial charge is 0.491 e. The first-order valence-electron chi connectivity index (χ1n) is 12.1. The Bertz CT molecular complexity index is 1250. The Balaban J connectivity index is 1.68. The van der Waals surface area contributed by atoms with Crippen LogP contribution in [0.3, 0.4) is 0 Å². The van der Waals surface area contributed by atoms with E-state index in [4.69, 9.17) is 20.3 Å². The Hall–Kier alpha value is -3.25. The molecule has 2 atom stereocenters. The van der Waals surface area contributed by atoms with Gasteiger partial charge in [0.05, 0.1) is 17.8 Å². The molecular formula is C27H29F4N3O4. The van der Waals surface area contributed by atoms with E-state index in [1.165, 1.54) is 12.1 Å². The van der Waals surface area contributed by atoms with Crippen LogP contribution in [0.5, 0.6) is 11.5 Å². The lowest BCUT2D eigenvalue weighted by Gasteiger charge is -2.32. The number of halogens is 4. The Morgan fingerprint density at radius 2 is 1.82 bits per heavy atom. The van der Waals surface area contributed by atoms with Gasteiger partial charge in [-0.3, -0.25) is 0 Å². The SMILES string of the molecule is CCC1(N)COc2c1cc(C(O)(CNCc1ccc(OCCO)cc1)C(F)(F)F)nc2-c1ccc(F)cc1. The summed E-state index contributed by atoms with van der Waals surface area (Å²) < 4.78 is 67.9. The molecule has 1 aromatic heterocycles. The molecule has 0 saturated heterocycles. The highest BCUT2D eigenvalue weighted by atomic mass is 19.4. The zero-order chi connectivity index (χ0) is 27.6. The summed E-state index contributed by atoms with van der Waals surface area (Å²) in [6, 6.07) is 12.8. The summed E-state index contributed by atoms with van der Waals surface area (Å²) in [6.07, 6.45) is -4.72. The van der Waals surface area contributed by atoms with E-state index in [0.717, 1.165) is 18.2 Å². The number of alkyl halides is 3. The Labute approximate surface area is 217 Å². The van der Waals surface area contributed by atoms with Gasteiger partial charge in [0.25, 0.3) is 0 Å². The normalized spacial score (nSPS) is 18.5. The fourth-order valence-corrected chi connectivity index (χ4v) is 4.23. The van der Waals surface area contributed by atoms with E-state index in [0.29, 0.717) is 28.9 Å². The van der Waals surface area contributed by atoms with Gasteiger partial charge in [-0.1, -0.05) is 19.1 Å². The van der Waals surface area contributed by atoms with Crippen molar-refractivity contribution in [3.05, 3.63) is 77.2 Å². The number of benzene rings is 2. The molecule has 0 amide bonds. The predicted molar refractivity (Wildman–Crippen MR) is 132 cm³/mol. The van der Waals surface area contributed by atoms with Crippen LogP contribution in [0.1, 0.15) is 30.2 Å². The molecular weight excluding hydrogens is 506 g/mol. The van der Waals surface area contributed by atoms with Crippen LogP contribution in [0, 0.1) is 5.82 Å². The summed E-state index contributed by atoms with van der Waals surface area (Å²) in [6.45, 7) is 0.921.